The van der Waals surface area contributed by atoms with Gasteiger partial charge in [0.15, 0.2) is 5.13 Å². The lowest BCUT2D eigenvalue weighted by atomic mass is 9.81. The molecule has 2 atom stereocenters. The van der Waals surface area contributed by atoms with Crippen LogP contribution in [0.3, 0.4) is 0 Å². The number of thiazole rings is 1. The summed E-state index contributed by atoms with van der Waals surface area (Å²) in [5, 5.41) is 5.19. The average Bonchev–Trinajstić information content (AvgIpc) is 3.32. The minimum absolute atomic E-state index is 0.186. The Kier molecular flexibility index (Phi) is 5.15. The quantitative estimate of drug-likeness (QED) is 0.759. The van der Waals surface area contributed by atoms with Gasteiger partial charge in [-0.1, -0.05) is 25.0 Å². The zero-order valence-corrected chi connectivity index (χ0v) is 17.7. The van der Waals surface area contributed by atoms with Crippen LogP contribution in [0.5, 0.6) is 0 Å². The number of rotatable bonds is 4. The largest absolute Gasteiger partial charge is 0.300 e. The van der Waals surface area contributed by atoms with Crippen LogP contribution in [0.25, 0.3) is 11.3 Å². The van der Waals surface area contributed by atoms with E-state index in [2.05, 4.69) is 28.5 Å². The molecule has 1 aromatic heterocycles. The van der Waals surface area contributed by atoms with Crippen LogP contribution in [0.15, 0.2) is 23.6 Å². The molecule has 2 aromatic rings. The van der Waals surface area contributed by atoms with E-state index >= 15 is 0 Å². The summed E-state index contributed by atoms with van der Waals surface area (Å²) < 4.78 is 0. The van der Waals surface area contributed by atoms with Crippen LogP contribution in [-0.2, 0) is 27.2 Å². The van der Waals surface area contributed by atoms with E-state index in [0.717, 1.165) is 54.7 Å². The highest BCUT2D eigenvalue weighted by Crippen LogP contribution is 2.38. The maximum atomic E-state index is 12.6. The van der Waals surface area contributed by atoms with Crippen LogP contribution in [-0.4, -0.2) is 34.2 Å². The molecule has 2 aliphatic carbocycles. The highest BCUT2D eigenvalue weighted by atomic mass is 32.1. The molecule has 1 aromatic carbocycles. The van der Waals surface area contributed by atoms with Crippen LogP contribution >= 0.6 is 11.3 Å². The standard InChI is InChI=1S/C23H25N3O3S/c27-20(12-26-21(28)17-7-3-4-8-18(17)22(26)29)25-23-24-19(13-30-23)16-10-9-14-5-1-2-6-15(14)11-16/h9-11,13,17-18H,1-8,12H2,(H,24,25,27). The number of benzene rings is 1. The molecule has 30 heavy (non-hydrogen) atoms. The van der Waals surface area contributed by atoms with Gasteiger partial charge in [-0.2, -0.15) is 0 Å². The summed E-state index contributed by atoms with van der Waals surface area (Å²) in [6.45, 7) is -0.224. The fourth-order valence-electron chi connectivity index (χ4n) is 5.05. The molecule has 2 heterocycles. The van der Waals surface area contributed by atoms with Gasteiger partial charge in [0.05, 0.1) is 17.5 Å². The molecule has 2 unspecified atom stereocenters. The lowest BCUT2D eigenvalue weighted by molar-refractivity contribution is -0.142. The number of aryl methyl sites for hydroxylation is 2. The van der Waals surface area contributed by atoms with Crippen molar-refractivity contribution < 1.29 is 14.4 Å². The predicted octanol–water partition coefficient (Wildman–Crippen LogP) is 3.80. The summed E-state index contributed by atoms with van der Waals surface area (Å²) in [6, 6.07) is 6.48. The molecule has 0 radical (unpaired) electrons. The maximum Gasteiger partial charge on any atom is 0.246 e. The molecule has 0 bridgehead atoms. The van der Waals surface area contributed by atoms with E-state index < -0.39 is 0 Å². The second-order valence-corrected chi connectivity index (χ2v) is 9.39. The van der Waals surface area contributed by atoms with Crippen LogP contribution in [0, 0.1) is 11.8 Å². The Labute approximate surface area is 179 Å². The third-order valence-electron chi connectivity index (χ3n) is 6.63. The zero-order valence-electron chi connectivity index (χ0n) is 16.9. The summed E-state index contributed by atoms with van der Waals surface area (Å²) in [5.74, 6) is -1.20. The number of likely N-dealkylation sites (tertiary alicyclic amines) is 1. The molecule has 156 valence electrons. The second kappa shape index (κ2) is 7.95. The van der Waals surface area contributed by atoms with Gasteiger partial charge in [-0.15, -0.1) is 11.3 Å². The zero-order chi connectivity index (χ0) is 20.7. The van der Waals surface area contributed by atoms with E-state index in [1.165, 1.54) is 35.3 Å². The predicted molar refractivity (Wildman–Crippen MR) is 115 cm³/mol. The molecule has 0 spiro atoms. The molecule has 1 aliphatic heterocycles. The molecule has 6 nitrogen and oxygen atoms in total. The van der Waals surface area contributed by atoms with Crippen molar-refractivity contribution in [2.45, 2.75) is 51.4 Å². The Balaban J connectivity index is 1.25. The van der Waals surface area contributed by atoms with Crippen molar-refractivity contribution in [3.63, 3.8) is 0 Å². The number of amides is 3. The summed E-state index contributed by atoms with van der Waals surface area (Å²) in [6.07, 6.45) is 8.19. The second-order valence-electron chi connectivity index (χ2n) is 8.54. The van der Waals surface area contributed by atoms with Crippen LogP contribution in [0.1, 0.15) is 49.7 Å². The molecule has 1 saturated heterocycles. The number of imide groups is 1. The third-order valence-corrected chi connectivity index (χ3v) is 7.39. The topological polar surface area (TPSA) is 79.4 Å². The fraction of sp³-hybridized carbons (Fsp3) is 0.478. The number of nitrogens with zero attached hydrogens (tertiary/aromatic N) is 2. The van der Waals surface area contributed by atoms with E-state index in [0.29, 0.717) is 5.13 Å². The first-order valence-corrected chi connectivity index (χ1v) is 11.7. The molecule has 2 fully saturated rings. The normalized spacial score (nSPS) is 23.3. The van der Waals surface area contributed by atoms with Gasteiger partial charge in [0.2, 0.25) is 17.7 Å². The van der Waals surface area contributed by atoms with E-state index in [4.69, 9.17) is 0 Å². The number of fused-ring (bicyclic) bond motifs is 2. The van der Waals surface area contributed by atoms with E-state index in [9.17, 15) is 14.4 Å². The lowest BCUT2D eigenvalue weighted by Crippen LogP contribution is -2.38. The van der Waals surface area contributed by atoms with Gasteiger partial charge in [-0.25, -0.2) is 4.98 Å². The van der Waals surface area contributed by atoms with Gasteiger partial charge in [0, 0.05) is 10.9 Å². The highest BCUT2D eigenvalue weighted by molar-refractivity contribution is 7.14. The first kappa shape index (κ1) is 19.4. The summed E-state index contributed by atoms with van der Waals surface area (Å²) in [5.41, 5.74) is 4.71. The number of anilines is 1. The summed E-state index contributed by atoms with van der Waals surface area (Å²) >= 11 is 1.36. The van der Waals surface area contributed by atoms with Crippen molar-refractivity contribution in [1.82, 2.24) is 9.88 Å². The molecule has 5 rings (SSSR count). The van der Waals surface area contributed by atoms with Crippen molar-refractivity contribution in [1.29, 1.82) is 0 Å². The van der Waals surface area contributed by atoms with Crippen LogP contribution in [0.4, 0.5) is 5.13 Å². The van der Waals surface area contributed by atoms with Crippen molar-refractivity contribution in [3.05, 3.63) is 34.7 Å². The molecular weight excluding hydrogens is 398 g/mol. The van der Waals surface area contributed by atoms with E-state index in [1.807, 2.05) is 5.38 Å². The van der Waals surface area contributed by atoms with Crippen molar-refractivity contribution in [2.24, 2.45) is 11.8 Å². The Morgan fingerprint density at radius 3 is 2.47 bits per heavy atom. The lowest BCUT2D eigenvalue weighted by Gasteiger charge is -2.19. The van der Waals surface area contributed by atoms with Crippen molar-refractivity contribution in [2.75, 3.05) is 11.9 Å². The fourth-order valence-corrected chi connectivity index (χ4v) is 5.78. The molecular formula is C23H25N3O3S. The number of hydrogen-bond donors (Lipinski definition) is 1. The minimum atomic E-state index is -0.373. The molecule has 1 N–H and O–H groups in total. The SMILES string of the molecule is O=C(CN1C(=O)C2CCCCC2C1=O)Nc1nc(-c2ccc3c(c2)CCCC3)cs1. The van der Waals surface area contributed by atoms with Crippen LogP contribution in [0.2, 0.25) is 0 Å². The Bertz CT molecular complexity index is 991. The molecule has 7 heteroatoms. The number of hydrogen-bond acceptors (Lipinski definition) is 5. The Morgan fingerprint density at radius 2 is 1.73 bits per heavy atom. The highest BCUT2D eigenvalue weighted by Gasteiger charge is 2.48. The molecule has 3 amide bonds. The summed E-state index contributed by atoms with van der Waals surface area (Å²) in [4.78, 5) is 43.3. The van der Waals surface area contributed by atoms with Crippen molar-refractivity contribution in [3.8, 4) is 11.3 Å². The van der Waals surface area contributed by atoms with Crippen molar-refractivity contribution >= 4 is 34.2 Å². The van der Waals surface area contributed by atoms with Gasteiger partial charge >= 0.3 is 0 Å². The number of nitrogens with one attached hydrogen (secondary N) is 1. The monoisotopic (exact) mass is 423 g/mol. The van der Waals surface area contributed by atoms with Gasteiger partial charge in [-0.05, 0) is 55.7 Å². The van der Waals surface area contributed by atoms with Gasteiger partial charge < -0.3 is 5.32 Å². The number of aromatic nitrogens is 1. The van der Waals surface area contributed by atoms with Gasteiger partial charge in [0.25, 0.3) is 0 Å². The third kappa shape index (κ3) is 3.55. The Morgan fingerprint density at radius 1 is 1.03 bits per heavy atom. The van der Waals surface area contributed by atoms with Gasteiger partial charge in [-0.3, -0.25) is 19.3 Å². The Hall–Kier alpha value is -2.54. The molecule has 1 saturated carbocycles. The maximum absolute atomic E-state index is 12.6. The first-order valence-electron chi connectivity index (χ1n) is 10.8. The summed E-state index contributed by atoms with van der Waals surface area (Å²) in [7, 11) is 0. The van der Waals surface area contributed by atoms with Crippen LogP contribution < -0.4 is 5.32 Å². The number of carbonyl (C=O) groups is 3. The smallest absolute Gasteiger partial charge is 0.246 e. The average molecular weight is 424 g/mol. The van der Waals surface area contributed by atoms with E-state index in [1.54, 1.807) is 0 Å². The number of carbonyl (C=O) groups excluding carboxylic acids is 3. The first-order chi connectivity index (χ1) is 14.6. The van der Waals surface area contributed by atoms with E-state index in [-0.39, 0.29) is 36.1 Å². The minimum Gasteiger partial charge on any atom is -0.300 e. The molecule has 3 aliphatic rings. The van der Waals surface area contributed by atoms with Gasteiger partial charge in [0.1, 0.15) is 6.54 Å².